The van der Waals surface area contributed by atoms with Gasteiger partial charge in [0.15, 0.2) is 10.9 Å². The number of benzene rings is 2. The van der Waals surface area contributed by atoms with Crippen LogP contribution in [0.5, 0.6) is 0 Å². The molecule has 0 saturated carbocycles. The zero-order valence-corrected chi connectivity index (χ0v) is 18.5. The third-order valence-electron chi connectivity index (χ3n) is 4.69. The molecule has 1 aromatic heterocycles. The van der Waals surface area contributed by atoms with Gasteiger partial charge >= 0.3 is 0 Å². The van der Waals surface area contributed by atoms with E-state index in [0.717, 1.165) is 28.6 Å². The van der Waals surface area contributed by atoms with Crippen molar-refractivity contribution in [3.8, 4) is 11.3 Å². The van der Waals surface area contributed by atoms with Gasteiger partial charge in [-0.2, -0.15) is 0 Å². The summed E-state index contributed by atoms with van der Waals surface area (Å²) < 4.78 is 0. The van der Waals surface area contributed by atoms with Crippen molar-refractivity contribution in [3.05, 3.63) is 63.9 Å². The summed E-state index contributed by atoms with van der Waals surface area (Å²) in [5, 5.41) is 13.4. The second-order valence-electron chi connectivity index (χ2n) is 7.03. The number of nitrogens with one attached hydrogen (secondary N) is 3. The molecule has 8 nitrogen and oxygen atoms in total. The number of H-pyrrole nitrogens is 1. The molecular formula is C22H23N5O3S. The normalized spacial score (nSPS) is 11.6. The molecule has 0 aliphatic carbocycles. The van der Waals surface area contributed by atoms with Crippen LogP contribution in [0.3, 0.4) is 0 Å². The van der Waals surface area contributed by atoms with Crippen LogP contribution in [0.15, 0.2) is 52.4 Å². The number of hydrogen-bond acceptors (Lipinski definition) is 6. The van der Waals surface area contributed by atoms with Crippen molar-refractivity contribution in [3.63, 3.8) is 0 Å². The lowest BCUT2D eigenvalue weighted by atomic mass is 10.1. The summed E-state index contributed by atoms with van der Waals surface area (Å²) in [6.45, 7) is 7.04. The highest BCUT2D eigenvalue weighted by Crippen LogP contribution is 2.25. The summed E-state index contributed by atoms with van der Waals surface area (Å²) in [6, 6.07) is 12.6. The number of rotatable bonds is 6. The maximum atomic E-state index is 12.6. The van der Waals surface area contributed by atoms with Gasteiger partial charge in [0.05, 0.1) is 10.9 Å². The Kier molecular flexibility index (Phi) is 6.86. The molecule has 0 spiro atoms. The number of carbonyl (C=O) groups excluding carboxylic acids is 2. The molecule has 0 aliphatic heterocycles. The summed E-state index contributed by atoms with van der Waals surface area (Å²) in [4.78, 5) is 39.3. The Hall–Kier alpha value is -3.46. The lowest BCUT2D eigenvalue weighted by Gasteiger charge is -2.14. The molecule has 2 amide bonds. The van der Waals surface area contributed by atoms with Crippen molar-refractivity contribution in [2.45, 2.75) is 38.1 Å². The maximum Gasteiger partial charge on any atom is 0.278 e. The van der Waals surface area contributed by atoms with Gasteiger partial charge in [-0.15, -0.1) is 10.2 Å². The number of aromatic amines is 1. The van der Waals surface area contributed by atoms with Gasteiger partial charge in [-0.25, -0.2) is 0 Å². The highest BCUT2D eigenvalue weighted by molar-refractivity contribution is 8.00. The Morgan fingerprint density at radius 1 is 1.00 bits per heavy atom. The average Bonchev–Trinajstić information content (AvgIpc) is 2.72. The number of amides is 2. The fourth-order valence-electron chi connectivity index (χ4n) is 2.88. The standard InChI is InChI=1S/C22H23N5O3S/c1-12-8-7-11-17(13(12)2)24-20(29)14(3)31-22-25-21(30)19(26-27-22)16-9-5-6-10-18(16)23-15(4)28/h5-11,14H,1-4H3,(H,23,28)(H,24,29)(H,25,27,30)/t14-/m1/s1. The summed E-state index contributed by atoms with van der Waals surface area (Å²) in [5.41, 5.74) is 3.40. The Bertz CT molecular complexity index is 1190. The van der Waals surface area contributed by atoms with Crippen molar-refractivity contribution in [1.29, 1.82) is 0 Å². The van der Waals surface area contributed by atoms with Crippen LogP contribution in [-0.2, 0) is 9.59 Å². The van der Waals surface area contributed by atoms with Crippen molar-refractivity contribution in [2.75, 3.05) is 10.6 Å². The molecule has 0 aliphatic rings. The third-order valence-corrected chi connectivity index (χ3v) is 5.66. The van der Waals surface area contributed by atoms with Gasteiger partial charge in [0, 0.05) is 18.2 Å². The number of nitrogens with zero attached hydrogens (tertiary/aromatic N) is 2. The Morgan fingerprint density at radius 3 is 2.42 bits per heavy atom. The zero-order valence-electron chi connectivity index (χ0n) is 17.6. The van der Waals surface area contributed by atoms with Gasteiger partial charge in [-0.1, -0.05) is 42.1 Å². The highest BCUT2D eigenvalue weighted by Gasteiger charge is 2.19. The zero-order chi connectivity index (χ0) is 22.5. The number of anilines is 2. The Balaban J connectivity index is 1.76. The smallest absolute Gasteiger partial charge is 0.278 e. The van der Waals surface area contributed by atoms with E-state index in [0.29, 0.717) is 11.3 Å². The molecule has 3 rings (SSSR count). The van der Waals surface area contributed by atoms with Gasteiger partial charge in [0.1, 0.15) is 0 Å². The first-order chi connectivity index (χ1) is 14.8. The first-order valence-electron chi connectivity index (χ1n) is 9.64. The molecule has 1 heterocycles. The average molecular weight is 438 g/mol. The molecule has 2 aromatic carbocycles. The van der Waals surface area contributed by atoms with Crippen LogP contribution in [0.25, 0.3) is 11.3 Å². The van der Waals surface area contributed by atoms with Gasteiger partial charge in [-0.05, 0) is 44.0 Å². The largest absolute Gasteiger partial charge is 0.326 e. The van der Waals surface area contributed by atoms with E-state index < -0.39 is 10.8 Å². The van der Waals surface area contributed by atoms with Gasteiger partial charge in [0.2, 0.25) is 11.8 Å². The molecule has 3 aromatic rings. The second-order valence-corrected chi connectivity index (χ2v) is 8.36. The molecule has 31 heavy (non-hydrogen) atoms. The quantitative estimate of drug-likeness (QED) is 0.508. The molecule has 3 N–H and O–H groups in total. The number of aromatic nitrogens is 3. The topological polar surface area (TPSA) is 117 Å². The van der Waals surface area contributed by atoms with E-state index >= 15 is 0 Å². The van der Waals surface area contributed by atoms with Crippen LogP contribution in [0, 0.1) is 13.8 Å². The predicted molar refractivity (Wildman–Crippen MR) is 122 cm³/mol. The first-order valence-corrected chi connectivity index (χ1v) is 10.5. The molecule has 0 saturated heterocycles. The molecular weight excluding hydrogens is 414 g/mol. The van der Waals surface area contributed by atoms with Crippen molar-refractivity contribution >= 4 is 35.0 Å². The summed E-state index contributed by atoms with van der Waals surface area (Å²) in [7, 11) is 0. The molecule has 160 valence electrons. The van der Waals surface area contributed by atoms with E-state index in [2.05, 4.69) is 25.8 Å². The molecule has 0 bridgehead atoms. The molecule has 0 radical (unpaired) electrons. The lowest BCUT2D eigenvalue weighted by Crippen LogP contribution is -2.24. The molecule has 0 unspecified atom stereocenters. The first kappa shape index (κ1) is 22.2. The van der Waals surface area contributed by atoms with E-state index in [9.17, 15) is 14.4 Å². The molecule has 1 atom stereocenters. The van der Waals surface area contributed by atoms with E-state index in [-0.39, 0.29) is 22.7 Å². The fraction of sp³-hybridized carbons (Fsp3) is 0.227. The number of carbonyl (C=O) groups is 2. The van der Waals surface area contributed by atoms with Gasteiger partial charge < -0.3 is 10.6 Å². The van der Waals surface area contributed by atoms with Crippen molar-refractivity contribution in [2.24, 2.45) is 0 Å². The fourth-order valence-corrected chi connectivity index (χ4v) is 3.62. The van der Waals surface area contributed by atoms with Crippen molar-refractivity contribution < 1.29 is 9.59 Å². The Labute approximate surface area is 183 Å². The monoisotopic (exact) mass is 437 g/mol. The molecule has 0 fully saturated rings. The molecule has 9 heteroatoms. The van der Waals surface area contributed by atoms with E-state index in [1.807, 2.05) is 32.0 Å². The SMILES string of the molecule is CC(=O)Nc1ccccc1-c1nnc(S[C@H](C)C(=O)Nc2cccc(C)c2C)[nH]c1=O. The predicted octanol–water partition coefficient (Wildman–Crippen LogP) is 3.53. The van der Waals surface area contributed by atoms with Gasteiger partial charge in [0.25, 0.3) is 5.56 Å². The minimum atomic E-state index is -0.512. The highest BCUT2D eigenvalue weighted by atomic mass is 32.2. The lowest BCUT2D eigenvalue weighted by molar-refractivity contribution is -0.115. The summed E-state index contributed by atoms with van der Waals surface area (Å²) in [5.74, 6) is -0.464. The number of thioether (sulfide) groups is 1. The number of hydrogen-bond donors (Lipinski definition) is 3. The van der Waals surface area contributed by atoms with Crippen LogP contribution in [0.2, 0.25) is 0 Å². The minimum Gasteiger partial charge on any atom is -0.326 e. The summed E-state index contributed by atoms with van der Waals surface area (Å²) >= 11 is 1.10. The van der Waals surface area contributed by atoms with Gasteiger partial charge in [-0.3, -0.25) is 19.4 Å². The van der Waals surface area contributed by atoms with Crippen molar-refractivity contribution in [1.82, 2.24) is 15.2 Å². The van der Waals surface area contributed by atoms with Crippen LogP contribution in [0.4, 0.5) is 11.4 Å². The number of aryl methyl sites for hydroxylation is 1. The number of para-hydroxylation sites is 1. The van der Waals surface area contributed by atoms with E-state index in [1.165, 1.54) is 6.92 Å². The second kappa shape index (κ2) is 9.57. The van der Waals surface area contributed by atoms with Crippen LogP contribution in [0.1, 0.15) is 25.0 Å². The van der Waals surface area contributed by atoms with E-state index in [1.54, 1.807) is 31.2 Å². The maximum absolute atomic E-state index is 12.6. The van der Waals surface area contributed by atoms with E-state index in [4.69, 9.17) is 0 Å². The van der Waals surface area contributed by atoms with Crippen LogP contribution in [-0.4, -0.2) is 32.2 Å². The van der Waals surface area contributed by atoms with Crippen LogP contribution >= 0.6 is 11.8 Å². The minimum absolute atomic E-state index is 0.0844. The Morgan fingerprint density at radius 2 is 1.71 bits per heavy atom. The summed E-state index contributed by atoms with van der Waals surface area (Å²) in [6.07, 6.45) is 0. The van der Waals surface area contributed by atoms with Crippen LogP contribution < -0.4 is 16.2 Å². The third kappa shape index (κ3) is 5.37.